The SMILES string of the molecule is O=C(N/N=C\[C@@H]1C[C@H]2CC[C@H]1C2)[C@@H]1C[C@H]2CC[C@H]1C2. The molecule has 4 fully saturated rings. The van der Waals surface area contributed by atoms with Gasteiger partial charge in [-0.3, -0.25) is 4.79 Å². The first-order chi connectivity index (χ1) is 9.29. The Bertz CT molecular complexity index is 406. The highest BCUT2D eigenvalue weighted by Gasteiger charge is 2.43. The van der Waals surface area contributed by atoms with E-state index in [2.05, 4.69) is 10.5 Å². The van der Waals surface area contributed by atoms with Crippen LogP contribution in [-0.2, 0) is 4.79 Å². The second kappa shape index (κ2) is 4.60. The van der Waals surface area contributed by atoms with Crippen LogP contribution in [0.25, 0.3) is 0 Å². The lowest BCUT2D eigenvalue weighted by molar-refractivity contribution is -0.126. The number of hydrazone groups is 1. The van der Waals surface area contributed by atoms with Crippen LogP contribution in [0, 0.1) is 35.5 Å². The summed E-state index contributed by atoms with van der Waals surface area (Å²) >= 11 is 0. The van der Waals surface area contributed by atoms with Crippen molar-refractivity contribution in [1.82, 2.24) is 5.43 Å². The fourth-order valence-electron chi connectivity index (χ4n) is 5.32. The molecule has 3 heteroatoms. The minimum absolute atomic E-state index is 0.187. The van der Waals surface area contributed by atoms with Crippen molar-refractivity contribution in [3.8, 4) is 0 Å². The average Bonchev–Trinajstić information content (AvgIpc) is 3.18. The molecule has 104 valence electrons. The van der Waals surface area contributed by atoms with Gasteiger partial charge in [-0.15, -0.1) is 0 Å². The van der Waals surface area contributed by atoms with Gasteiger partial charge in [-0.25, -0.2) is 5.43 Å². The number of hydrogen-bond donors (Lipinski definition) is 1. The Hall–Kier alpha value is -0.860. The highest BCUT2D eigenvalue weighted by atomic mass is 16.2. The minimum Gasteiger partial charge on any atom is -0.273 e. The highest BCUT2D eigenvalue weighted by molar-refractivity contribution is 5.80. The summed E-state index contributed by atoms with van der Waals surface area (Å²) in [5, 5.41) is 4.28. The van der Waals surface area contributed by atoms with Gasteiger partial charge in [0.15, 0.2) is 0 Å². The average molecular weight is 260 g/mol. The Morgan fingerprint density at radius 1 is 0.947 bits per heavy atom. The van der Waals surface area contributed by atoms with Crippen molar-refractivity contribution in [3.05, 3.63) is 0 Å². The number of nitrogens with one attached hydrogen (secondary N) is 1. The Labute approximate surface area is 115 Å². The molecule has 19 heavy (non-hydrogen) atoms. The molecule has 0 spiro atoms. The van der Waals surface area contributed by atoms with E-state index in [1.165, 1.54) is 44.9 Å². The lowest BCUT2D eigenvalue weighted by Gasteiger charge is -2.20. The lowest BCUT2D eigenvalue weighted by Crippen LogP contribution is -2.31. The molecule has 3 nitrogen and oxygen atoms in total. The standard InChI is InChI=1S/C16H24N2O/c19-16(15-8-11-2-4-13(15)6-11)18-17-9-14-7-10-1-3-12(14)5-10/h9-15H,1-8H2,(H,18,19)/b17-9-/t10-,11-,12-,13-,14-,15+/m0/s1. The third-order valence-corrected chi connectivity index (χ3v) is 6.31. The molecule has 0 aromatic carbocycles. The second-order valence-corrected chi connectivity index (χ2v) is 7.37. The zero-order valence-corrected chi connectivity index (χ0v) is 11.6. The molecule has 6 atom stereocenters. The molecule has 0 saturated heterocycles. The zero-order valence-electron chi connectivity index (χ0n) is 11.6. The maximum atomic E-state index is 12.1. The molecular formula is C16H24N2O. The Kier molecular flexibility index (Phi) is 2.89. The Morgan fingerprint density at radius 3 is 2.26 bits per heavy atom. The predicted octanol–water partition coefficient (Wildman–Crippen LogP) is 2.96. The van der Waals surface area contributed by atoms with E-state index in [1.807, 2.05) is 6.21 Å². The minimum atomic E-state index is 0.187. The van der Waals surface area contributed by atoms with Gasteiger partial charge in [-0.2, -0.15) is 5.10 Å². The van der Waals surface area contributed by atoms with E-state index in [0.717, 1.165) is 24.2 Å². The predicted molar refractivity (Wildman–Crippen MR) is 74.5 cm³/mol. The van der Waals surface area contributed by atoms with E-state index in [-0.39, 0.29) is 11.8 Å². The van der Waals surface area contributed by atoms with Crippen molar-refractivity contribution in [2.75, 3.05) is 0 Å². The lowest BCUT2D eigenvalue weighted by atomic mass is 9.88. The first kappa shape index (κ1) is 11.9. The molecule has 4 bridgehead atoms. The monoisotopic (exact) mass is 260 g/mol. The molecule has 0 aliphatic heterocycles. The maximum absolute atomic E-state index is 12.1. The Morgan fingerprint density at radius 2 is 1.68 bits per heavy atom. The molecule has 4 aliphatic carbocycles. The van der Waals surface area contributed by atoms with Crippen molar-refractivity contribution in [2.45, 2.75) is 51.4 Å². The summed E-state index contributed by atoms with van der Waals surface area (Å²) in [6, 6.07) is 0. The van der Waals surface area contributed by atoms with Gasteiger partial charge >= 0.3 is 0 Å². The molecule has 0 unspecified atom stereocenters. The largest absolute Gasteiger partial charge is 0.273 e. The molecule has 4 rings (SSSR count). The van der Waals surface area contributed by atoms with Crippen LogP contribution < -0.4 is 5.43 Å². The molecular weight excluding hydrogens is 236 g/mol. The number of amides is 1. The molecule has 4 saturated carbocycles. The summed E-state index contributed by atoms with van der Waals surface area (Å²) < 4.78 is 0. The van der Waals surface area contributed by atoms with Crippen LogP contribution in [-0.4, -0.2) is 12.1 Å². The topological polar surface area (TPSA) is 41.5 Å². The highest BCUT2D eigenvalue weighted by Crippen LogP contribution is 2.48. The summed E-state index contributed by atoms with van der Waals surface area (Å²) in [6.45, 7) is 0. The van der Waals surface area contributed by atoms with E-state index < -0.39 is 0 Å². The molecule has 0 heterocycles. The molecule has 1 N–H and O–H groups in total. The summed E-state index contributed by atoms with van der Waals surface area (Å²) in [5.41, 5.74) is 2.83. The van der Waals surface area contributed by atoms with Crippen LogP contribution in [0.2, 0.25) is 0 Å². The molecule has 0 radical (unpaired) electrons. The number of carbonyl (C=O) groups is 1. The summed E-state index contributed by atoms with van der Waals surface area (Å²) in [6.07, 6.45) is 12.5. The van der Waals surface area contributed by atoms with Crippen molar-refractivity contribution < 1.29 is 4.79 Å². The van der Waals surface area contributed by atoms with Gasteiger partial charge in [0.2, 0.25) is 5.91 Å². The van der Waals surface area contributed by atoms with Crippen LogP contribution >= 0.6 is 0 Å². The van der Waals surface area contributed by atoms with Crippen molar-refractivity contribution in [1.29, 1.82) is 0 Å². The number of hydrogen-bond acceptors (Lipinski definition) is 2. The quantitative estimate of drug-likeness (QED) is 0.615. The van der Waals surface area contributed by atoms with Gasteiger partial charge < -0.3 is 0 Å². The van der Waals surface area contributed by atoms with Crippen molar-refractivity contribution in [2.24, 2.45) is 40.6 Å². The Balaban J connectivity index is 1.29. The number of nitrogens with zero attached hydrogens (tertiary/aromatic N) is 1. The first-order valence-corrected chi connectivity index (χ1v) is 8.12. The molecule has 4 aliphatic rings. The summed E-state index contributed by atoms with van der Waals surface area (Å²) in [4.78, 5) is 12.1. The van der Waals surface area contributed by atoms with Gasteiger partial charge in [-0.1, -0.05) is 12.8 Å². The third kappa shape index (κ3) is 2.11. The summed E-state index contributed by atoms with van der Waals surface area (Å²) in [7, 11) is 0. The molecule has 0 aromatic rings. The van der Waals surface area contributed by atoms with Gasteiger partial charge in [0.05, 0.1) is 0 Å². The van der Waals surface area contributed by atoms with Gasteiger partial charge in [-0.05, 0) is 68.1 Å². The smallest absolute Gasteiger partial charge is 0.243 e. The van der Waals surface area contributed by atoms with Gasteiger partial charge in [0.25, 0.3) is 0 Å². The van der Waals surface area contributed by atoms with Crippen LogP contribution in [0.1, 0.15) is 51.4 Å². The normalized spacial score (nSPS) is 47.4. The van der Waals surface area contributed by atoms with E-state index in [4.69, 9.17) is 0 Å². The zero-order chi connectivity index (χ0) is 12.8. The first-order valence-electron chi connectivity index (χ1n) is 8.12. The van der Waals surface area contributed by atoms with E-state index in [0.29, 0.717) is 11.8 Å². The number of fused-ring (bicyclic) bond motifs is 4. The fourth-order valence-corrected chi connectivity index (χ4v) is 5.32. The van der Waals surface area contributed by atoms with Crippen LogP contribution in [0.15, 0.2) is 5.10 Å². The van der Waals surface area contributed by atoms with Crippen LogP contribution in [0.5, 0.6) is 0 Å². The number of rotatable bonds is 3. The van der Waals surface area contributed by atoms with E-state index >= 15 is 0 Å². The number of carbonyl (C=O) groups excluding carboxylic acids is 1. The fraction of sp³-hybridized carbons (Fsp3) is 0.875. The molecule has 0 aromatic heterocycles. The van der Waals surface area contributed by atoms with E-state index in [1.54, 1.807) is 0 Å². The van der Waals surface area contributed by atoms with Crippen LogP contribution in [0.4, 0.5) is 0 Å². The van der Waals surface area contributed by atoms with Crippen LogP contribution in [0.3, 0.4) is 0 Å². The van der Waals surface area contributed by atoms with Gasteiger partial charge in [0, 0.05) is 12.1 Å². The van der Waals surface area contributed by atoms with E-state index in [9.17, 15) is 4.79 Å². The molecule has 1 amide bonds. The second-order valence-electron chi connectivity index (χ2n) is 7.37. The van der Waals surface area contributed by atoms with Gasteiger partial charge in [0.1, 0.15) is 0 Å². The summed E-state index contributed by atoms with van der Waals surface area (Å²) in [5.74, 6) is 4.37. The van der Waals surface area contributed by atoms with Crippen molar-refractivity contribution in [3.63, 3.8) is 0 Å². The third-order valence-electron chi connectivity index (χ3n) is 6.31. The van der Waals surface area contributed by atoms with Crippen molar-refractivity contribution >= 4 is 12.1 Å². The maximum Gasteiger partial charge on any atom is 0.243 e.